The number of hydrogen-bond donors (Lipinski definition) is 4. The first-order valence-corrected chi connectivity index (χ1v) is 19.9. The molecular weight excluding hydrogens is 664 g/mol. The molecule has 11 heteroatoms. The molecule has 0 spiro atoms. The van der Waals surface area contributed by atoms with E-state index < -0.39 is 47.7 Å². The van der Waals surface area contributed by atoms with Crippen LogP contribution in [0.5, 0.6) is 0 Å². The van der Waals surface area contributed by atoms with E-state index in [1.54, 1.807) is 43.1 Å². The lowest BCUT2D eigenvalue weighted by Gasteiger charge is -2.47. The number of carbonyl (C=O) groups excluding carboxylic acids is 2. The lowest BCUT2D eigenvalue weighted by Crippen LogP contribution is -2.62. The number of amides is 1. The molecular formula is C41H69N2O9+. The predicted molar refractivity (Wildman–Crippen MR) is 200 cm³/mol. The molecule has 3 aliphatic heterocycles. The molecule has 1 saturated carbocycles. The molecule has 0 aromatic heterocycles. The van der Waals surface area contributed by atoms with Crippen LogP contribution in [0.1, 0.15) is 112 Å². The quantitative estimate of drug-likeness (QED) is 0.0594. The second kappa shape index (κ2) is 18.4. The topological polar surface area (TPSA) is 149 Å². The van der Waals surface area contributed by atoms with Crippen LogP contribution in [0.2, 0.25) is 0 Å². The Morgan fingerprint density at radius 1 is 1.17 bits per heavy atom. The molecule has 296 valence electrons. The number of rotatable bonds is 10. The number of epoxide rings is 1. The number of hydrogen-bond acceptors (Lipinski definition) is 9. The number of carbonyl (C=O) groups is 2. The molecule has 1 amide bonds. The number of cyclic esters (lactones) is 1. The minimum atomic E-state index is -1.48. The van der Waals surface area contributed by atoms with Gasteiger partial charge in [-0.05, 0) is 77.4 Å². The lowest BCUT2D eigenvalue weighted by molar-refractivity contribution is -0.937. The third-order valence-electron chi connectivity index (χ3n) is 12.3. The molecule has 0 aromatic carbocycles. The Morgan fingerprint density at radius 3 is 2.46 bits per heavy atom. The molecule has 3 fully saturated rings. The first kappa shape index (κ1) is 42.5. The number of aliphatic hydroxyl groups excluding tert-OH is 2. The Kier molecular flexibility index (Phi) is 15.0. The summed E-state index contributed by atoms with van der Waals surface area (Å²) in [7, 11) is 2.32. The summed E-state index contributed by atoms with van der Waals surface area (Å²) < 4.78 is 18.7. The summed E-state index contributed by atoms with van der Waals surface area (Å²) in [6.07, 6.45) is 13.5. The predicted octanol–water partition coefficient (Wildman–Crippen LogP) is 5.19. The minimum absolute atomic E-state index is 0.0105. The maximum Gasteiger partial charge on any atom is 0.410 e. The fourth-order valence-corrected chi connectivity index (χ4v) is 8.34. The van der Waals surface area contributed by atoms with Crippen molar-refractivity contribution in [3.8, 4) is 0 Å². The Morgan fingerprint density at radius 2 is 1.83 bits per heavy atom. The molecule has 2 saturated heterocycles. The molecule has 0 bridgehead atoms. The molecule has 52 heavy (non-hydrogen) atoms. The standard InChI is InChI=1S/C41H69N2O9/c1-8-33(45)30(4)38-34(50-38)27-40(5,48)20-13-14-28(2)37-29(3)17-18-35(41(6,49)21-19-32(44)26-36(46)52-37)51-39(47)42-22-24-43(7,25-23-42)31-15-11-9-10-12-16-31/h13-14,17-18,20,29-35,37-38,44-45,48-49H,8-12,15-16,19,21-27H2,1-7H3/q+1/b18-17+,20-13+,28-14+/t29-,30+,32+,33-,34+,35-,37+,38+,40-,41+/m0/s1. The van der Waals surface area contributed by atoms with Gasteiger partial charge < -0.3 is 39.1 Å². The molecule has 10 atom stereocenters. The van der Waals surface area contributed by atoms with E-state index in [1.165, 1.54) is 38.5 Å². The smallest absolute Gasteiger partial charge is 0.410 e. The van der Waals surface area contributed by atoms with Gasteiger partial charge in [0.05, 0.1) is 75.7 Å². The maximum atomic E-state index is 13.6. The molecule has 1 aliphatic carbocycles. The van der Waals surface area contributed by atoms with E-state index in [0.717, 1.165) is 17.6 Å². The Labute approximate surface area is 312 Å². The summed E-state index contributed by atoms with van der Waals surface area (Å²) in [5, 5.41) is 43.5. The van der Waals surface area contributed by atoms with Gasteiger partial charge >= 0.3 is 12.1 Å². The van der Waals surface area contributed by atoms with Gasteiger partial charge in [0.25, 0.3) is 0 Å². The average molecular weight is 734 g/mol. The first-order chi connectivity index (χ1) is 24.4. The average Bonchev–Trinajstić information content (AvgIpc) is 3.90. The van der Waals surface area contributed by atoms with Gasteiger partial charge in [0.15, 0.2) is 6.10 Å². The second-order valence-electron chi connectivity index (χ2n) is 17.1. The summed E-state index contributed by atoms with van der Waals surface area (Å²) in [4.78, 5) is 28.3. The van der Waals surface area contributed by atoms with Gasteiger partial charge in [0.1, 0.15) is 11.7 Å². The summed E-state index contributed by atoms with van der Waals surface area (Å²) in [6.45, 7) is 13.9. The lowest BCUT2D eigenvalue weighted by atomic mass is 9.88. The maximum absolute atomic E-state index is 13.6. The third kappa shape index (κ3) is 11.9. The Balaban J connectivity index is 1.43. The van der Waals surface area contributed by atoms with Crippen molar-refractivity contribution in [2.75, 3.05) is 33.2 Å². The van der Waals surface area contributed by atoms with Gasteiger partial charge in [-0.3, -0.25) is 9.69 Å². The van der Waals surface area contributed by atoms with Crippen molar-refractivity contribution in [1.82, 2.24) is 4.90 Å². The van der Waals surface area contributed by atoms with Crippen molar-refractivity contribution in [1.29, 1.82) is 0 Å². The normalized spacial score (nSPS) is 35.6. The SMILES string of the molecule is CC[C@H](O)[C@@H](C)[C@H]1O[C@@H]1C[C@@](C)(O)/C=C/C=C(\C)[C@H]1OC(=O)C[C@H](O)CC[C@@](C)(O)[C@@H](OC(=O)N2CC[N+](C)(C3CCCCCC3)CC2)/C=C/[C@@H]1C. The van der Waals surface area contributed by atoms with E-state index in [4.69, 9.17) is 14.2 Å². The zero-order valence-electron chi connectivity index (χ0n) is 32.9. The van der Waals surface area contributed by atoms with Gasteiger partial charge in [-0.25, -0.2) is 4.79 Å². The van der Waals surface area contributed by atoms with Crippen LogP contribution < -0.4 is 0 Å². The van der Waals surface area contributed by atoms with Crippen LogP contribution in [0.25, 0.3) is 0 Å². The van der Waals surface area contributed by atoms with Crippen LogP contribution in [0.3, 0.4) is 0 Å². The van der Waals surface area contributed by atoms with Crippen molar-refractivity contribution in [2.24, 2.45) is 11.8 Å². The molecule has 4 N–H and O–H groups in total. The minimum Gasteiger partial charge on any atom is -0.457 e. The molecule has 11 nitrogen and oxygen atoms in total. The van der Waals surface area contributed by atoms with Crippen molar-refractivity contribution < 1.29 is 48.7 Å². The van der Waals surface area contributed by atoms with Crippen molar-refractivity contribution >= 4 is 12.1 Å². The number of nitrogens with zero attached hydrogens (tertiary/aromatic N) is 2. The van der Waals surface area contributed by atoms with E-state index in [2.05, 4.69) is 7.05 Å². The van der Waals surface area contributed by atoms with Crippen LogP contribution in [0.15, 0.2) is 36.0 Å². The summed E-state index contributed by atoms with van der Waals surface area (Å²) in [6, 6.07) is 0.631. The zero-order chi connectivity index (χ0) is 38.3. The number of esters is 1. The van der Waals surface area contributed by atoms with E-state index in [1.807, 2.05) is 33.8 Å². The number of likely N-dealkylation sites (N-methyl/N-ethyl adjacent to an activating group) is 1. The Hall–Kier alpha value is -2.28. The van der Waals surface area contributed by atoms with Crippen LogP contribution in [-0.4, -0.2) is 129 Å². The molecule has 0 unspecified atom stereocenters. The Bertz CT molecular complexity index is 1260. The van der Waals surface area contributed by atoms with Crippen LogP contribution in [-0.2, 0) is 19.0 Å². The molecule has 3 heterocycles. The van der Waals surface area contributed by atoms with Gasteiger partial charge in [-0.2, -0.15) is 0 Å². The van der Waals surface area contributed by atoms with Gasteiger partial charge in [0, 0.05) is 18.3 Å². The third-order valence-corrected chi connectivity index (χ3v) is 12.3. The van der Waals surface area contributed by atoms with Gasteiger partial charge in [-0.15, -0.1) is 0 Å². The fraction of sp³-hybridized carbons (Fsp3) is 0.805. The highest BCUT2D eigenvalue weighted by atomic mass is 16.6. The number of aliphatic hydroxyl groups is 4. The van der Waals surface area contributed by atoms with Crippen LogP contribution in [0.4, 0.5) is 4.79 Å². The first-order valence-electron chi connectivity index (χ1n) is 19.9. The summed E-state index contributed by atoms with van der Waals surface area (Å²) in [5.41, 5.74) is -1.93. The van der Waals surface area contributed by atoms with Crippen molar-refractivity contribution in [3.63, 3.8) is 0 Å². The highest BCUT2D eigenvalue weighted by molar-refractivity contribution is 5.70. The monoisotopic (exact) mass is 733 g/mol. The molecule has 0 radical (unpaired) electrons. The largest absolute Gasteiger partial charge is 0.457 e. The molecule has 0 aromatic rings. The zero-order valence-corrected chi connectivity index (χ0v) is 32.9. The fourth-order valence-electron chi connectivity index (χ4n) is 8.34. The number of piperazine rings is 1. The molecule has 4 rings (SSSR count). The molecule has 4 aliphatic rings. The number of ether oxygens (including phenoxy) is 3. The van der Waals surface area contributed by atoms with Gasteiger partial charge in [0.2, 0.25) is 0 Å². The van der Waals surface area contributed by atoms with Crippen LogP contribution in [0, 0.1) is 11.8 Å². The van der Waals surface area contributed by atoms with E-state index in [-0.39, 0.29) is 43.3 Å². The van der Waals surface area contributed by atoms with Crippen molar-refractivity contribution in [2.45, 2.75) is 166 Å². The van der Waals surface area contributed by atoms with Crippen molar-refractivity contribution in [3.05, 3.63) is 36.0 Å². The number of quaternary nitrogens is 1. The summed E-state index contributed by atoms with van der Waals surface area (Å²) in [5.74, 6) is -0.935. The van der Waals surface area contributed by atoms with E-state index >= 15 is 0 Å². The van der Waals surface area contributed by atoms with Gasteiger partial charge in [-0.1, -0.05) is 57.9 Å². The highest BCUT2D eigenvalue weighted by Gasteiger charge is 2.47. The summed E-state index contributed by atoms with van der Waals surface area (Å²) >= 11 is 0. The van der Waals surface area contributed by atoms with E-state index in [0.29, 0.717) is 37.5 Å². The van der Waals surface area contributed by atoms with E-state index in [9.17, 15) is 30.0 Å². The highest BCUT2D eigenvalue weighted by Crippen LogP contribution is 2.38. The van der Waals surface area contributed by atoms with Crippen LogP contribution >= 0.6 is 0 Å². The number of allylic oxidation sites excluding steroid dienone is 2. The second-order valence-corrected chi connectivity index (χ2v) is 17.1.